The molecule has 1 aromatic heterocycles. The van der Waals surface area contributed by atoms with Crippen molar-refractivity contribution in [3.05, 3.63) is 11.9 Å². The molecule has 94 valence electrons. The van der Waals surface area contributed by atoms with E-state index in [2.05, 4.69) is 41.0 Å². The van der Waals surface area contributed by atoms with Gasteiger partial charge in [-0.3, -0.25) is 0 Å². The van der Waals surface area contributed by atoms with E-state index in [-0.39, 0.29) is 0 Å². The molecule has 1 N–H and O–H groups in total. The average Bonchev–Trinajstić information content (AvgIpc) is 3.13. The van der Waals surface area contributed by atoms with E-state index in [4.69, 9.17) is 0 Å². The molecule has 0 unspecified atom stereocenters. The third-order valence-corrected chi connectivity index (χ3v) is 3.28. The minimum absolute atomic E-state index is 0.432. The molecule has 0 saturated heterocycles. The van der Waals surface area contributed by atoms with E-state index >= 15 is 0 Å². The van der Waals surface area contributed by atoms with E-state index in [9.17, 15) is 0 Å². The Kier molecular flexibility index (Phi) is 3.50. The van der Waals surface area contributed by atoms with Gasteiger partial charge in [-0.15, -0.1) is 0 Å². The van der Waals surface area contributed by atoms with Crippen molar-refractivity contribution in [2.75, 3.05) is 23.8 Å². The molecule has 0 atom stereocenters. The van der Waals surface area contributed by atoms with Crippen LogP contribution in [-0.2, 0) is 0 Å². The molecule has 4 heteroatoms. The van der Waals surface area contributed by atoms with Gasteiger partial charge in [0.15, 0.2) is 0 Å². The Hall–Kier alpha value is -1.32. The summed E-state index contributed by atoms with van der Waals surface area (Å²) in [5.41, 5.74) is 1.24. The van der Waals surface area contributed by atoms with Gasteiger partial charge in [0.05, 0.1) is 0 Å². The van der Waals surface area contributed by atoms with Crippen molar-refractivity contribution in [3.63, 3.8) is 0 Å². The summed E-state index contributed by atoms with van der Waals surface area (Å²) in [5.74, 6) is 2.51. The third kappa shape index (κ3) is 2.35. The summed E-state index contributed by atoms with van der Waals surface area (Å²) < 4.78 is 0. The van der Waals surface area contributed by atoms with Gasteiger partial charge in [-0.05, 0) is 25.7 Å². The van der Waals surface area contributed by atoms with Crippen LogP contribution in [0.2, 0.25) is 0 Å². The van der Waals surface area contributed by atoms with Crippen molar-refractivity contribution in [1.29, 1.82) is 0 Å². The molecule has 0 amide bonds. The molecule has 1 fully saturated rings. The molecule has 17 heavy (non-hydrogen) atoms. The van der Waals surface area contributed by atoms with E-state index in [1.165, 1.54) is 18.4 Å². The first kappa shape index (κ1) is 12.1. The zero-order chi connectivity index (χ0) is 12.4. The molecule has 0 aromatic carbocycles. The van der Waals surface area contributed by atoms with E-state index in [0.717, 1.165) is 18.2 Å². The van der Waals surface area contributed by atoms with E-state index in [1.54, 1.807) is 6.33 Å². The van der Waals surface area contributed by atoms with Gasteiger partial charge in [-0.1, -0.05) is 13.8 Å². The Morgan fingerprint density at radius 3 is 2.59 bits per heavy atom. The Morgan fingerprint density at radius 1 is 1.41 bits per heavy atom. The Bertz CT molecular complexity index is 385. The fourth-order valence-electron chi connectivity index (χ4n) is 2.31. The highest BCUT2D eigenvalue weighted by Crippen LogP contribution is 2.36. The second kappa shape index (κ2) is 4.90. The van der Waals surface area contributed by atoms with Gasteiger partial charge in [-0.25, -0.2) is 9.97 Å². The highest BCUT2D eigenvalue weighted by atomic mass is 15.2. The smallest absolute Gasteiger partial charge is 0.137 e. The second-order valence-electron chi connectivity index (χ2n) is 4.88. The van der Waals surface area contributed by atoms with E-state index in [1.807, 2.05) is 7.05 Å². The van der Waals surface area contributed by atoms with Crippen LogP contribution >= 0.6 is 0 Å². The number of nitrogens with one attached hydrogen (secondary N) is 1. The molecule has 0 radical (unpaired) electrons. The van der Waals surface area contributed by atoms with Crippen LogP contribution in [0, 0.1) is 0 Å². The maximum atomic E-state index is 4.52. The lowest BCUT2D eigenvalue weighted by Crippen LogP contribution is -2.28. The average molecular weight is 234 g/mol. The lowest BCUT2D eigenvalue weighted by atomic mass is 10.0. The third-order valence-electron chi connectivity index (χ3n) is 3.28. The molecule has 0 spiro atoms. The summed E-state index contributed by atoms with van der Waals surface area (Å²) in [6.07, 6.45) is 4.26. The zero-order valence-electron chi connectivity index (χ0n) is 11.2. The maximum absolute atomic E-state index is 4.52. The maximum Gasteiger partial charge on any atom is 0.137 e. The minimum atomic E-state index is 0.432. The summed E-state index contributed by atoms with van der Waals surface area (Å²) in [7, 11) is 1.92. The highest BCUT2D eigenvalue weighted by Gasteiger charge is 2.31. The quantitative estimate of drug-likeness (QED) is 0.850. The van der Waals surface area contributed by atoms with E-state index in [0.29, 0.717) is 12.0 Å². The van der Waals surface area contributed by atoms with Crippen LogP contribution in [0.15, 0.2) is 6.33 Å². The van der Waals surface area contributed by atoms with Gasteiger partial charge in [0.2, 0.25) is 0 Å². The highest BCUT2D eigenvalue weighted by molar-refractivity contribution is 5.61. The zero-order valence-corrected chi connectivity index (χ0v) is 11.2. The van der Waals surface area contributed by atoms with Gasteiger partial charge in [0.1, 0.15) is 18.0 Å². The van der Waals surface area contributed by atoms with Gasteiger partial charge in [-0.2, -0.15) is 0 Å². The summed E-state index contributed by atoms with van der Waals surface area (Å²) in [6, 6.07) is 0.692. The molecule has 1 saturated carbocycles. The molecular weight excluding hydrogens is 212 g/mol. The fraction of sp³-hybridized carbons (Fsp3) is 0.692. The van der Waals surface area contributed by atoms with Gasteiger partial charge in [0.25, 0.3) is 0 Å². The van der Waals surface area contributed by atoms with Crippen molar-refractivity contribution >= 4 is 11.6 Å². The first-order valence-corrected chi connectivity index (χ1v) is 6.48. The van der Waals surface area contributed by atoms with Crippen molar-refractivity contribution in [3.8, 4) is 0 Å². The molecular formula is C13H22N4. The summed E-state index contributed by atoms with van der Waals surface area (Å²) in [6.45, 7) is 7.61. The molecule has 1 aliphatic rings. The molecule has 2 rings (SSSR count). The lowest BCUT2D eigenvalue weighted by molar-refractivity contribution is 0.768. The first-order chi connectivity index (χ1) is 8.19. The van der Waals surface area contributed by atoms with Gasteiger partial charge >= 0.3 is 0 Å². The van der Waals surface area contributed by atoms with Gasteiger partial charge < -0.3 is 10.2 Å². The Labute approximate surface area is 103 Å². The van der Waals surface area contributed by atoms with Crippen molar-refractivity contribution in [2.24, 2.45) is 0 Å². The molecule has 1 aliphatic carbocycles. The molecule has 4 nitrogen and oxygen atoms in total. The van der Waals surface area contributed by atoms with Crippen LogP contribution in [0.25, 0.3) is 0 Å². The van der Waals surface area contributed by atoms with Crippen LogP contribution in [0.3, 0.4) is 0 Å². The van der Waals surface area contributed by atoms with Gasteiger partial charge in [0, 0.05) is 25.2 Å². The van der Waals surface area contributed by atoms with Crippen molar-refractivity contribution in [2.45, 2.75) is 45.6 Å². The molecule has 1 aromatic rings. The van der Waals surface area contributed by atoms with Crippen LogP contribution < -0.4 is 10.2 Å². The fourth-order valence-corrected chi connectivity index (χ4v) is 2.31. The number of nitrogens with zero attached hydrogens (tertiary/aromatic N) is 3. The van der Waals surface area contributed by atoms with E-state index < -0.39 is 0 Å². The van der Waals surface area contributed by atoms with Crippen molar-refractivity contribution in [1.82, 2.24) is 9.97 Å². The molecule has 0 bridgehead atoms. The molecule has 1 heterocycles. The number of hydrogen-bond acceptors (Lipinski definition) is 4. The number of hydrogen-bond donors (Lipinski definition) is 1. The Morgan fingerprint density at radius 2 is 2.12 bits per heavy atom. The monoisotopic (exact) mass is 234 g/mol. The number of rotatable bonds is 5. The molecule has 0 aliphatic heterocycles. The van der Waals surface area contributed by atoms with Crippen molar-refractivity contribution < 1.29 is 0 Å². The van der Waals surface area contributed by atoms with Crippen LogP contribution in [0.1, 0.15) is 45.1 Å². The normalized spacial score (nSPS) is 15.1. The van der Waals surface area contributed by atoms with Crippen LogP contribution in [0.5, 0.6) is 0 Å². The van der Waals surface area contributed by atoms with Crippen LogP contribution in [0.4, 0.5) is 11.6 Å². The lowest BCUT2D eigenvalue weighted by Gasteiger charge is -2.26. The minimum Gasteiger partial charge on any atom is -0.373 e. The first-order valence-electron chi connectivity index (χ1n) is 6.48. The standard InChI is InChI=1S/C13H22N4/c1-5-17(10-6-7-10)13-11(9(2)3)12(14-4)15-8-16-13/h8-10H,5-7H2,1-4H3,(H,14,15,16). The summed E-state index contributed by atoms with van der Waals surface area (Å²) in [5, 5.41) is 3.18. The SMILES string of the molecule is CCN(c1ncnc(NC)c1C(C)C)C1CC1. The predicted molar refractivity (Wildman–Crippen MR) is 71.7 cm³/mol. The topological polar surface area (TPSA) is 41.1 Å². The largest absolute Gasteiger partial charge is 0.373 e. The summed E-state index contributed by atoms with van der Waals surface area (Å²) in [4.78, 5) is 11.3. The predicted octanol–water partition coefficient (Wildman–Crippen LogP) is 2.63. The number of anilines is 2. The summed E-state index contributed by atoms with van der Waals surface area (Å²) >= 11 is 0. The van der Waals surface area contributed by atoms with Crippen LogP contribution in [-0.4, -0.2) is 29.6 Å². The number of aromatic nitrogens is 2. The second-order valence-corrected chi connectivity index (χ2v) is 4.88. The Balaban J connectivity index is 2.43.